The molecular weight excluding hydrogens is 643 g/mol. The van der Waals surface area contributed by atoms with Crippen molar-refractivity contribution >= 4 is 43.4 Å². The molecule has 1 aliphatic heterocycles. The summed E-state index contributed by atoms with van der Waals surface area (Å²) in [6.45, 7) is 0. The van der Waals surface area contributed by atoms with E-state index in [0.717, 1.165) is 22.7 Å². The zero-order valence-electron chi connectivity index (χ0n) is 28.8. The molecule has 12 rings (SSSR count). The lowest BCUT2D eigenvalue weighted by molar-refractivity contribution is 0.436. The van der Waals surface area contributed by atoms with Gasteiger partial charge >= 0.3 is 0 Å². The van der Waals surface area contributed by atoms with E-state index in [2.05, 4.69) is 193 Å². The highest BCUT2D eigenvalue weighted by Gasteiger charge is 2.51. The number of fused-ring (bicyclic) bond motifs is 16. The van der Waals surface area contributed by atoms with Crippen LogP contribution >= 0.6 is 0 Å². The predicted molar refractivity (Wildman–Crippen MR) is 219 cm³/mol. The Kier molecular flexibility index (Phi) is 5.73. The molecule has 53 heavy (non-hydrogen) atoms. The van der Waals surface area contributed by atoms with Gasteiger partial charge in [-0.05, 0) is 74.5 Å². The Labute approximate surface area is 306 Å². The van der Waals surface area contributed by atoms with Crippen LogP contribution in [0.25, 0.3) is 71.3 Å². The van der Waals surface area contributed by atoms with Crippen LogP contribution in [-0.4, -0.2) is 4.57 Å². The summed E-state index contributed by atoms with van der Waals surface area (Å²) in [5.74, 6) is 1.81. The molecule has 0 N–H and O–H groups in total. The van der Waals surface area contributed by atoms with Crippen LogP contribution in [0.1, 0.15) is 22.3 Å². The highest BCUT2D eigenvalue weighted by Crippen LogP contribution is 2.62. The van der Waals surface area contributed by atoms with Gasteiger partial charge < -0.3 is 9.30 Å². The Morgan fingerprint density at radius 1 is 0.358 bits per heavy atom. The third kappa shape index (κ3) is 3.77. The molecule has 0 amide bonds. The number of rotatable bonds is 2. The van der Waals surface area contributed by atoms with E-state index in [-0.39, 0.29) is 0 Å². The van der Waals surface area contributed by atoms with E-state index >= 15 is 0 Å². The Bertz CT molecular complexity index is 3010. The van der Waals surface area contributed by atoms with Crippen LogP contribution in [0.4, 0.5) is 0 Å². The van der Waals surface area contributed by atoms with Crippen LogP contribution in [-0.2, 0) is 5.41 Å². The molecule has 0 fully saturated rings. The number of ether oxygens (including phenoxy) is 1. The van der Waals surface area contributed by atoms with E-state index in [0.29, 0.717) is 0 Å². The van der Waals surface area contributed by atoms with Crippen molar-refractivity contribution in [2.24, 2.45) is 0 Å². The standard InChI is InChI=1S/C51H31NO/c1-3-13-37-33(11-1)23-28-41-42-29-24-34-12-2-4-14-38(34)50(42)52(49(37)41)36-26-21-32(22-27-36)35-25-30-48-46(31-35)51(45-19-9-10-20-47(45)53-48)43-17-7-5-15-39(43)40-16-6-8-18-44(40)51/h1-31H. The van der Waals surface area contributed by atoms with E-state index < -0.39 is 5.41 Å². The lowest BCUT2D eigenvalue weighted by Gasteiger charge is -2.39. The van der Waals surface area contributed by atoms with Gasteiger partial charge in [-0.25, -0.2) is 0 Å². The zero-order chi connectivity index (χ0) is 34.7. The average Bonchev–Trinajstić information content (AvgIpc) is 3.73. The normalized spacial score (nSPS) is 13.6. The Balaban J connectivity index is 1.08. The van der Waals surface area contributed by atoms with Crippen LogP contribution < -0.4 is 4.74 Å². The summed E-state index contributed by atoms with van der Waals surface area (Å²) in [5, 5.41) is 7.54. The van der Waals surface area contributed by atoms with E-state index in [1.807, 2.05) is 0 Å². The molecule has 0 atom stereocenters. The van der Waals surface area contributed by atoms with Gasteiger partial charge in [0, 0.05) is 38.4 Å². The molecule has 2 aliphatic rings. The van der Waals surface area contributed by atoms with Crippen LogP contribution in [0.5, 0.6) is 11.5 Å². The first kappa shape index (κ1) is 28.8. The molecule has 2 heterocycles. The van der Waals surface area contributed by atoms with Gasteiger partial charge in [-0.1, -0.05) is 158 Å². The van der Waals surface area contributed by atoms with Gasteiger partial charge in [-0.2, -0.15) is 0 Å². The molecule has 0 bridgehead atoms. The first-order valence-electron chi connectivity index (χ1n) is 18.3. The molecule has 2 nitrogen and oxygen atoms in total. The number of aromatic nitrogens is 1. The number of para-hydroxylation sites is 1. The molecule has 2 heteroatoms. The second-order valence-corrected chi connectivity index (χ2v) is 14.4. The summed E-state index contributed by atoms with van der Waals surface area (Å²) in [7, 11) is 0. The Morgan fingerprint density at radius 2 is 0.868 bits per heavy atom. The summed E-state index contributed by atoms with van der Waals surface area (Å²) in [4.78, 5) is 0. The van der Waals surface area contributed by atoms with Gasteiger partial charge in [0.25, 0.3) is 0 Å². The van der Waals surface area contributed by atoms with Gasteiger partial charge in [0.05, 0.1) is 16.4 Å². The fourth-order valence-corrected chi connectivity index (χ4v) is 9.64. The highest BCUT2D eigenvalue weighted by atomic mass is 16.5. The Hall–Kier alpha value is -6.90. The highest BCUT2D eigenvalue weighted by molar-refractivity contribution is 6.23. The fourth-order valence-electron chi connectivity index (χ4n) is 9.64. The lowest BCUT2D eigenvalue weighted by atomic mass is 9.66. The van der Waals surface area contributed by atoms with Crippen LogP contribution in [0.2, 0.25) is 0 Å². The van der Waals surface area contributed by atoms with Crippen molar-refractivity contribution in [2.75, 3.05) is 0 Å². The third-order valence-corrected chi connectivity index (χ3v) is 11.8. The van der Waals surface area contributed by atoms with E-state index in [1.54, 1.807) is 0 Å². The molecule has 0 saturated carbocycles. The number of nitrogens with zero attached hydrogens (tertiary/aromatic N) is 1. The molecule has 1 aliphatic carbocycles. The van der Waals surface area contributed by atoms with Gasteiger partial charge in [0.2, 0.25) is 0 Å². The summed E-state index contributed by atoms with van der Waals surface area (Å²) in [5.41, 5.74) is 13.0. The molecule has 0 saturated heterocycles. The molecule has 1 spiro atoms. The van der Waals surface area contributed by atoms with Crippen molar-refractivity contribution in [3.05, 3.63) is 210 Å². The van der Waals surface area contributed by atoms with Gasteiger partial charge in [0.15, 0.2) is 0 Å². The zero-order valence-corrected chi connectivity index (χ0v) is 28.8. The minimum absolute atomic E-state index is 0.488. The first-order chi connectivity index (χ1) is 26.3. The minimum Gasteiger partial charge on any atom is -0.457 e. The Morgan fingerprint density at radius 3 is 1.51 bits per heavy atom. The average molecular weight is 674 g/mol. The van der Waals surface area contributed by atoms with Crippen LogP contribution in [0, 0.1) is 0 Å². The summed E-state index contributed by atoms with van der Waals surface area (Å²) in [6, 6.07) is 68.9. The molecule has 1 aromatic heterocycles. The van der Waals surface area contributed by atoms with Gasteiger partial charge in [-0.15, -0.1) is 0 Å². The van der Waals surface area contributed by atoms with Crippen LogP contribution in [0.3, 0.4) is 0 Å². The summed E-state index contributed by atoms with van der Waals surface area (Å²) < 4.78 is 9.19. The topological polar surface area (TPSA) is 14.2 Å². The summed E-state index contributed by atoms with van der Waals surface area (Å²) in [6.07, 6.45) is 0. The molecule has 246 valence electrons. The van der Waals surface area contributed by atoms with E-state index in [4.69, 9.17) is 4.74 Å². The van der Waals surface area contributed by atoms with Crippen molar-refractivity contribution in [3.63, 3.8) is 0 Å². The first-order valence-corrected chi connectivity index (χ1v) is 18.3. The van der Waals surface area contributed by atoms with Crippen molar-refractivity contribution in [3.8, 4) is 39.4 Å². The van der Waals surface area contributed by atoms with Crippen molar-refractivity contribution in [2.45, 2.75) is 5.41 Å². The molecule has 9 aromatic carbocycles. The van der Waals surface area contributed by atoms with Crippen LogP contribution in [0.15, 0.2) is 188 Å². The second kappa shape index (κ2) is 10.6. The van der Waals surface area contributed by atoms with Crippen molar-refractivity contribution in [1.82, 2.24) is 4.57 Å². The van der Waals surface area contributed by atoms with Crippen molar-refractivity contribution < 1.29 is 4.74 Å². The third-order valence-electron chi connectivity index (χ3n) is 11.8. The maximum Gasteiger partial charge on any atom is 0.132 e. The number of hydrogen-bond donors (Lipinski definition) is 0. The van der Waals surface area contributed by atoms with Crippen molar-refractivity contribution in [1.29, 1.82) is 0 Å². The molecular formula is C51H31NO. The molecule has 0 unspecified atom stereocenters. The smallest absolute Gasteiger partial charge is 0.132 e. The summed E-state index contributed by atoms with van der Waals surface area (Å²) >= 11 is 0. The minimum atomic E-state index is -0.488. The molecule has 10 aromatic rings. The molecule has 0 radical (unpaired) electrons. The second-order valence-electron chi connectivity index (χ2n) is 14.4. The number of benzene rings is 9. The quantitative estimate of drug-likeness (QED) is 0.178. The van der Waals surface area contributed by atoms with E-state index in [1.165, 1.54) is 82.3 Å². The van der Waals surface area contributed by atoms with Gasteiger partial charge in [0.1, 0.15) is 11.5 Å². The maximum absolute atomic E-state index is 6.70. The van der Waals surface area contributed by atoms with E-state index in [9.17, 15) is 0 Å². The van der Waals surface area contributed by atoms with Gasteiger partial charge in [-0.3, -0.25) is 0 Å². The SMILES string of the molecule is c1ccc2c(c1)Oc1ccc(-c3ccc(-n4c5c6ccccc6ccc5c5ccc6ccccc6c54)cc3)cc1C21c2ccccc2-c2ccccc21. The fraction of sp³-hybridized carbons (Fsp3) is 0.0196. The number of hydrogen-bond acceptors (Lipinski definition) is 1. The largest absolute Gasteiger partial charge is 0.457 e. The maximum atomic E-state index is 6.70. The monoisotopic (exact) mass is 673 g/mol. The lowest BCUT2D eigenvalue weighted by Crippen LogP contribution is -2.32. The predicted octanol–water partition coefficient (Wildman–Crippen LogP) is 13.2.